The summed E-state index contributed by atoms with van der Waals surface area (Å²) in [6, 6.07) is 14.9. The highest BCUT2D eigenvalue weighted by molar-refractivity contribution is 14.1. The molecule has 6 nitrogen and oxygen atoms in total. The van der Waals surface area contributed by atoms with E-state index in [1.54, 1.807) is 39.7 Å². The summed E-state index contributed by atoms with van der Waals surface area (Å²) in [4.78, 5) is 0. The Bertz CT molecular complexity index is 1140. The van der Waals surface area contributed by atoms with E-state index >= 15 is 0 Å². The molecule has 0 aliphatic rings. The molecule has 0 heterocycles. The fourth-order valence-corrected chi connectivity index (χ4v) is 4.23. The van der Waals surface area contributed by atoms with E-state index in [0.29, 0.717) is 46.2 Å². The smallest absolute Gasteiger partial charge is 0.174 e. The average molecular weight is 601 g/mol. The zero-order valence-electron chi connectivity index (χ0n) is 18.3. The quantitative estimate of drug-likeness (QED) is 0.167. The zero-order chi connectivity index (χ0) is 23.8. The van der Waals surface area contributed by atoms with Crippen LogP contribution in [0.4, 0.5) is 0 Å². The van der Waals surface area contributed by atoms with Crippen LogP contribution in [0.1, 0.15) is 16.7 Å². The molecule has 0 atom stereocenters. The molecule has 0 radical (unpaired) electrons. The third kappa shape index (κ3) is 6.82. The van der Waals surface area contributed by atoms with E-state index in [-0.39, 0.29) is 0 Å². The third-order valence-corrected chi connectivity index (χ3v) is 6.06. The van der Waals surface area contributed by atoms with Gasteiger partial charge in [-0.15, -0.1) is 0 Å². The molecule has 0 bridgehead atoms. The normalized spacial score (nSPS) is 10.8. The molecule has 0 aliphatic carbocycles. The fourth-order valence-electron chi connectivity index (χ4n) is 2.99. The van der Waals surface area contributed by atoms with Crippen molar-refractivity contribution in [3.63, 3.8) is 0 Å². The van der Waals surface area contributed by atoms with Gasteiger partial charge in [0.2, 0.25) is 0 Å². The Hall–Kier alpha value is -2.36. The molecule has 9 heteroatoms. The lowest BCUT2D eigenvalue weighted by molar-refractivity contribution is 0.282. The average Bonchev–Trinajstić information content (AvgIpc) is 2.81. The Labute approximate surface area is 216 Å². The molecule has 3 aromatic carbocycles. The van der Waals surface area contributed by atoms with Crippen molar-refractivity contribution < 1.29 is 18.9 Å². The number of hydrazone groups is 1. The van der Waals surface area contributed by atoms with Crippen molar-refractivity contribution in [2.75, 3.05) is 21.3 Å². The van der Waals surface area contributed by atoms with Crippen LogP contribution >= 0.6 is 45.8 Å². The fraction of sp³-hybridized carbons (Fsp3) is 0.208. The van der Waals surface area contributed by atoms with Gasteiger partial charge in [-0.05, 0) is 70.1 Å². The monoisotopic (exact) mass is 600 g/mol. The summed E-state index contributed by atoms with van der Waals surface area (Å²) in [5.41, 5.74) is 5.76. The molecule has 0 aliphatic heterocycles. The minimum absolute atomic E-state index is 0.294. The lowest BCUT2D eigenvalue weighted by Gasteiger charge is -2.14. The van der Waals surface area contributed by atoms with E-state index in [1.807, 2.05) is 36.4 Å². The van der Waals surface area contributed by atoms with E-state index in [4.69, 9.17) is 42.1 Å². The number of nitrogens with one attached hydrogen (secondary N) is 1. The zero-order valence-corrected chi connectivity index (χ0v) is 22.0. The molecule has 1 N–H and O–H groups in total. The van der Waals surface area contributed by atoms with Gasteiger partial charge >= 0.3 is 0 Å². The van der Waals surface area contributed by atoms with Crippen molar-refractivity contribution in [3.05, 3.63) is 78.8 Å². The molecule has 0 saturated heterocycles. The number of rotatable bonds is 10. The SMILES string of the molecule is COc1ccc(CN/N=C\c2cc(I)c(OCc3ccc(Cl)cc3Cl)c(OC)c2)cc1OC. The largest absolute Gasteiger partial charge is 0.493 e. The van der Waals surface area contributed by atoms with Gasteiger partial charge in [-0.1, -0.05) is 35.3 Å². The molecular formula is C24H23Cl2IN2O4. The molecular weight excluding hydrogens is 578 g/mol. The van der Waals surface area contributed by atoms with Gasteiger partial charge in [-0.25, -0.2) is 0 Å². The number of benzene rings is 3. The molecule has 0 spiro atoms. The highest BCUT2D eigenvalue weighted by Gasteiger charge is 2.13. The number of halogens is 3. The second-order valence-corrected chi connectivity index (χ2v) is 8.85. The number of nitrogens with zero attached hydrogens (tertiary/aromatic N) is 1. The topological polar surface area (TPSA) is 61.3 Å². The highest BCUT2D eigenvalue weighted by atomic mass is 127. The number of methoxy groups -OCH3 is 3. The summed E-state index contributed by atoms with van der Waals surface area (Å²) in [7, 11) is 4.82. The van der Waals surface area contributed by atoms with E-state index in [1.165, 1.54) is 0 Å². The lowest BCUT2D eigenvalue weighted by atomic mass is 10.2. The predicted octanol–water partition coefficient (Wildman–Crippen LogP) is 6.33. The van der Waals surface area contributed by atoms with Crippen molar-refractivity contribution in [1.29, 1.82) is 0 Å². The van der Waals surface area contributed by atoms with Gasteiger partial charge in [0.15, 0.2) is 23.0 Å². The standard InChI is InChI=1S/C24H23Cl2IN2O4/c1-30-21-7-4-15(9-22(21)31-2)12-28-29-13-16-8-20(27)24(23(10-16)32-3)33-14-17-5-6-18(25)11-19(17)26/h4-11,13,28H,12,14H2,1-3H3/b29-13-. The molecule has 3 rings (SSSR count). The third-order valence-electron chi connectivity index (χ3n) is 4.67. The molecule has 0 amide bonds. The second-order valence-electron chi connectivity index (χ2n) is 6.84. The van der Waals surface area contributed by atoms with Crippen LogP contribution in [0.3, 0.4) is 0 Å². The van der Waals surface area contributed by atoms with Crippen LogP contribution in [-0.2, 0) is 13.2 Å². The van der Waals surface area contributed by atoms with Crippen molar-refractivity contribution >= 4 is 52.0 Å². The van der Waals surface area contributed by atoms with Crippen LogP contribution in [0.15, 0.2) is 53.6 Å². The van der Waals surface area contributed by atoms with Crippen molar-refractivity contribution in [3.8, 4) is 23.0 Å². The molecule has 174 valence electrons. The maximum absolute atomic E-state index is 6.25. The summed E-state index contributed by atoms with van der Waals surface area (Å²) in [5.74, 6) is 2.61. The highest BCUT2D eigenvalue weighted by Crippen LogP contribution is 2.35. The Morgan fingerprint density at radius 1 is 0.909 bits per heavy atom. The first-order valence-corrected chi connectivity index (χ1v) is 11.7. The number of ether oxygens (including phenoxy) is 4. The van der Waals surface area contributed by atoms with E-state index in [9.17, 15) is 0 Å². The van der Waals surface area contributed by atoms with Crippen LogP contribution in [0.25, 0.3) is 0 Å². The van der Waals surface area contributed by atoms with Crippen molar-refractivity contribution in [1.82, 2.24) is 5.43 Å². The molecule has 0 aromatic heterocycles. The van der Waals surface area contributed by atoms with Crippen LogP contribution in [-0.4, -0.2) is 27.5 Å². The first-order chi connectivity index (χ1) is 15.9. The van der Waals surface area contributed by atoms with Gasteiger partial charge in [0.25, 0.3) is 0 Å². The van der Waals surface area contributed by atoms with Gasteiger partial charge in [-0.3, -0.25) is 0 Å². The lowest BCUT2D eigenvalue weighted by Crippen LogP contribution is -2.06. The van der Waals surface area contributed by atoms with Gasteiger partial charge in [0.05, 0.1) is 37.7 Å². The first-order valence-electron chi connectivity index (χ1n) is 9.86. The number of hydrogen-bond donors (Lipinski definition) is 1. The summed E-state index contributed by atoms with van der Waals surface area (Å²) in [6.07, 6.45) is 1.73. The Morgan fingerprint density at radius 3 is 2.36 bits per heavy atom. The van der Waals surface area contributed by atoms with Crippen LogP contribution < -0.4 is 24.4 Å². The second kappa shape index (κ2) is 12.2. The van der Waals surface area contributed by atoms with Gasteiger partial charge in [0.1, 0.15) is 6.61 Å². The maximum Gasteiger partial charge on any atom is 0.174 e. The molecule has 3 aromatic rings. The van der Waals surface area contributed by atoms with E-state index in [0.717, 1.165) is 20.3 Å². The van der Waals surface area contributed by atoms with E-state index in [2.05, 4.69) is 33.1 Å². The van der Waals surface area contributed by atoms with Crippen LogP contribution in [0.2, 0.25) is 10.0 Å². The minimum Gasteiger partial charge on any atom is -0.493 e. The Kier molecular flexibility index (Phi) is 9.34. The van der Waals surface area contributed by atoms with Crippen LogP contribution in [0.5, 0.6) is 23.0 Å². The summed E-state index contributed by atoms with van der Waals surface area (Å²) >= 11 is 14.4. The van der Waals surface area contributed by atoms with Gasteiger partial charge in [-0.2, -0.15) is 5.10 Å². The Balaban J connectivity index is 1.65. The summed E-state index contributed by atoms with van der Waals surface area (Å²) < 4.78 is 23.0. The molecule has 0 fully saturated rings. The van der Waals surface area contributed by atoms with Gasteiger partial charge in [0, 0.05) is 15.6 Å². The van der Waals surface area contributed by atoms with Crippen molar-refractivity contribution in [2.45, 2.75) is 13.2 Å². The Morgan fingerprint density at radius 2 is 1.67 bits per heavy atom. The summed E-state index contributed by atoms with van der Waals surface area (Å²) in [5, 5.41) is 5.46. The maximum atomic E-state index is 6.25. The molecule has 0 unspecified atom stereocenters. The molecule has 33 heavy (non-hydrogen) atoms. The van der Waals surface area contributed by atoms with Crippen LogP contribution in [0, 0.1) is 3.57 Å². The summed E-state index contributed by atoms with van der Waals surface area (Å²) in [6.45, 7) is 0.830. The van der Waals surface area contributed by atoms with Gasteiger partial charge < -0.3 is 24.4 Å². The number of hydrogen-bond acceptors (Lipinski definition) is 6. The van der Waals surface area contributed by atoms with Crippen molar-refractivity contribution in [2.24, 2.45) is 5.10 Å². The first kappa shape index (κ1) is 25.3. The predicted molar refractivity (Wildman–Crippen MR) is 140 cm³/mol. The van der Waals surface area contributed by atoms with E-state index < -0.39 is 0 Å². The minimum atomic E-state index is 0.294. The molecule has 0 saturated carbocycles.